The second kappa shape index (κ2) is 27.7. The van der Waals surface area contributed by atoms with Crippen LogP contribution in [0.2, 0.25) is 0 Å². The van der Waals surface area contributed by atoms with E-state index in [4.69, 9.17) is 37.2 Å². The van der Waals surface area contributed by atoms with E-state index < -0.39 is 34.1 Å². The number of fused-ring (bicyclic) bond motifs is 3. The van der Waals surface area contributed by atoms with Gasteiger partial charge in [-0.2, -0.15) is 0 Å². The fraction of sp³-hybridized carbons (Fsp3) is 0.500. The van der Waals surface area contributed by atoms with E-state index >= 15 is 0 Å². The van der Waals surface area contributed by atoms with Crippen LogP contribution in [0, 0.1) is 82.0 Å². The van der Waals surface area contributed by atoms with Crippen LogP contribution in [0.1, 0.15) is 117 Å². The molecule has 0 bridgehead atoms. The van der Waals surface area contributed by atoms with E-state index in [0.717, 1.165) is 12.3 Å². The summed E-state index contributed by atoms with van der Waals surface area (Å²) in [5, 5.41) is 0. The number of rotatable bonds is 7. The Hall–Kier alpha value is -0.271. The van der Waals surface area contributed by atoms with Crippen LogP contribution in [-0.2, 0) is 39.5 Å². The van der Waals surface area contributed by atoms with Crippen LogP contribution < -0.4 is 0 Å². The molecule has 0 spiro atoms. The van der Waals surface area contributed by atoms with Gasteiger partial charge in [0.25, 0.3) is 0 Å². The maximum absolute atomic E-state index is 4.89. The van der Waals surface area contributed by atoms with E-state index in [1.165, 1.54) is 80.1 Å². The van der Waals surface area contributed by atoms with Crippen LogP contribution in [0.25, 0.3) is 0 Å². The maximum atomic E-state index is 4.89. The van der Waals surface area contributed by atoms with E-state index in [9.17, 15) is 0 Å². The van der Waals surface area contributed by atoms with Gasteiger partial charge in [0.1, 0.15) is 0 Å². The number of halogens is 4. The van der Waals surface area contributed by atoms with Crippen molar-refractivity contribution in [2.75, 3.05) is 0 Å². The molecular formula is C52H76Cl4Ti2-4. The molecule has 0 aromatic heterocycles. The molecule has 5 aliphatic carbocycles. The van der Waals surface area contributed by atoms with Gasteiger partial charge >= 0.3 is 71.3 Å². The predicted molar refractivity (Wildman–Crippen MR) is 257 cm³/mol. The van der Waals surface area contributed by atoms with E-state index in [0.29, 0.717) is 35.5 Å². The predicted octanol–water partition coefficient (Wildman–Crippen LogP) is 18.0. The number of benzene rings is 2. The third kappa shape index (κ3) is 14.4. The summed E-state index contributed by atoms with van der Waals surface area (Å²) in [5.41, 5.74) is 6.27. The standard InChI is InChI=1S/C43H54.C5H10.4CH3.4ClH.2Ti/c1-8-9-16-30-21-22-35(27-30)43(31-17-12-10-13-18-31,32-19-14-11-15-20-32)40-38-28-33(41(2,3)4)23-25-36(38)37-26-24-34(29-39(37)40)42(5,6)7;1-2-4-5-3-1;;;;;;;;;;/h8,10-15,17-20,23-26,28-30,35-40H,1,9,16,21-22,27H2,2-7H3;1-5H2;4*1H3;4*1H;;/q;;4*-1;;;;;2*+2/p-4. The third-order valence-corrected chi connectivity index (χ3v) is 12.9. The first-order valence-corrected chi connectivity index (χ1v) is 28.9. The summed E-state index contributed by atoms with van der Waals surface area (Å²) in [6.45, 7) is 18.4. The fourth-order valence-electron chi connectivity index (χ4n) is 10.5. The van der Waals surface area contributed by atoms with Crippen LogP contribution in [0.15, 0.2) is 121 Å². The monoisotopic (exact) mass is 936 g/mol. The van der Waals surface area contributed by atoms with Crippen molar-refractivity contribution in [3.8, 4) is 0 Å². The molecule has 6 unspecified atom stereocenters. The molecule has 6 heteroatoms. The van der Waals surface area contributed by atoms with Crippen LogP contribution in [0.4, 0.5) is 0 Å². The summed E-state index contributed by atoms with van der Waals surface area (Å²) in [5.74, 6) is 3.89. The van der Waals surface area contributed by atoms with Crippen LogP contribution in [-0.4, -0.2) is 0 Å². The molecule has 0 amide bonds. The molecule has 2 aromatic rings. The first-order chi connectivity index (χ1) is 25.9. The van der Waals surface area contributed by atoms with Gasteiger partial charge in [0.05, 0.1) is 0 Å². The molecule has 6 atom stereocenters. The van der Waals surface area contributed by atoms with Crippen molar-refractivity contribution < 1.29 is 34.1 Å². The van der Waals surface area contributed by atoms with Crippen molar-refractivity contribution in [2.45, 2.75) is 111 Å². The molecule has 5 aliphatic rings. The van der Waals surface area contributed by atoms with Crippen molar-refractivity contribution in [2.24, 2.45) is 52.3 Å². The van der Waals surface area contributed by atoms with Gasteiger partial charge in [0, 0.05) is 5.41 Å². The molecule has 0 heterocycles. The van der Waals surface area contributed by atoms with Crippen LogP contribution >= 0.6 is 37.2 Å². The van der Waals surface area contributed by atoms with Gasteiger partial charge in [-0.1, -0.05) is 183 Å². The molecule has 0 nitrogen and oxygen atoms in total. The van der Waals surface area contributed by atoms with Crippen molar-refractivity contribution >= 4 is 37.2 Å². The van der Waals surface area contributed by atoms with E-state index in [1.807, 2.05) is 0 Å². The summed E-state index contributed by atoms with van der Waals surface area (Å²) >= 11 is -1.11. The topological polar surface area (TPSA) is 0 Å². The van der Waals surface area contributed by atoms with Crippen molar-refractivity contribution in [3.05, 3.63) is 162 Å². The Morgan fingerprint density at radius 3 is 1.33 bits per heavy atom. The Morgan fingerprint density at radius 1 is 0.603 bits per heavy atom. The van der Waals surface area contributed by atoms with Crippen molar-refractivity contribution in [1.29, 1.82) is 0 Å². The Labute approximate surface area is 392 Å². The first kappa shape index (κ1) is 57.7. The van der Waals surface area contributed by atoms with Crippen molar-refractivity contribution in [3.63, 3.8) is 0 Å². The molecule has 0 aliphatic heterocycles. The van der Waals surface area contributed by atoms with E-state index in [1.54, 1.807) is 0 Å². The molecule has 3 saturated carbocycles. The average Bonchev–Trinajstić information content (AvgIpc) is 3.95. The molecule has 58 heavy (non-hydrogen) atoms. The number of hydrogen-bond donors (Lipinski definition) is 0. The van der Waals surface area contributed by atoms with Gasteiger partial charge in [-0.25, -0.2) is 0 Å². The molecule has 0 N–H and O–H groups in total. The molecule has 324 valence electrons. The number of hydrogen-bond acceptors (Lipinski definition) is 0. The van der Waals surface area contributed by atoms with Gasteiger partial charge < -0.3 is 29.7 Å². The molecule has 2 aromatic carbocycles. The van der Waals surface area contributed by atoms with Gasteiger partial charge in [0.15, 0.2) is 0 Å². The molecule has 0 radical (unpaired) electrons. The SMILES string of the molecule is C1CCCC1.C=CCCC1CCC(C(c2ccccc2)(c2ccccc2)C2C3C=C(C(C)(C)C)C=CC3C3C=CC(C(C)(C)C)=CC32)C1.[CH3-].[CH3-].[CH3-].[CH3-].[Cl][Ti][Cl].[Cl][Ti][Cl]. The average molecular weight is 939 g/mol. The Balaban J connectivity index is 0.00000192. The Kier molecular flexibility index (Phi) is 27.6. The zero-order valence-electron chi connectivity index (χ0n) is 37.6. The summed E-state index contributed by atoms with van der Waals surface area (Å²) in [6, 6.07) is 23.5. The van der Waals surface area contributed by atoms with Gasteiger partial charge in [-0.15, -0.1) is 6.58 Å². The van der Waals surface area contributed by atoms with E-state index in [2.05, 4.69) is 151 Å². The first-order valence-electron chi connectivity index (χ1n) is 20.3. The number of allylic oxidation sites excluding steroid dienone is 9. The minimum atomic E-state index is -0.556. The Morgan fingerprint density at radius 2 is 0.983 bits per heavy atom. The zero-order valence-corrected chi connectivity index (χ0v) is 43.8. The van der Waals surface area contributed by atoms with Crippen LogP contribution in [0.5, 0.6) is 0 Å². The van der Waals surface area contributed by atoms with Gasteiger partial charge in [0.2, 0.25) is 0 Å². The normalized spacial score (nSPS) is 25.1. The van der Waals surface area contributed by atoms with Crippen molar-refractivity contribution in [1.82, 2.24) is 0 Å². The molecular weight excluding hydrogens is 862 g/mol. The van der Waals surface area contributed by atoms with Crippen LogP contribution in [0.3, 0.4) is 0 Å². The van der Waals surface area contributed by atoms with Gasteiger partial charge in [-0.3, -0.25) is 0 Å². The minimum absolute atomic E-state index is 0. The molecule has 3 fully saturated rings. The van der Waals surface area contributed by atoms with E-state index in [-0.39, 0.29) is 46.0 Å². The molecule has 0 saturated heterocycles. The second-order valence-corrected chi connectivity index (χ2v) is 23.2. The Bertz CT molecular complexity index is 1440. The third-order valence-electron chi connectivity index (χ3n) is 12.9. The summed E-state index contributed by atoms with van der Waals surface area (Å²) in [4.78, 5) is 0. The van der Waals surface area contributed by atoms with Gasteiger partial charge in [-0.05, 0) is 100 Å². The summed E-state index contributed by atoms with van der Waals surface area (Å²) < 4.78 is 0. The summed E-state index contributed by atoms with van der Waals surface area (Å²) in [6.07, 6.45) is 31.7. The second-order valence-electron chi connectivity index (χ2n) is 18.1. The summed E-state index contributed by atoms with van der Waals surface area (Å²) in [7, 11) is 19.6. The molecule has 7 rings (SSSR count). The zero-order chi connectivity index (χ0) is 39.4. The fourth-order valence-corrected chi connectivity index (χ4v) is 10.5. The quantitative estimate of drug-likeness (QED) is 0.147.